The fourth-order valence-electron chi connectivity index (χ4n) is 7.06. The molecule has 2 heterocycles. The molecule has 160 valence electrons. The number of rotatable bonds is 4. The average molecular weight is 402 g/mol. The van der Waals surface area contributed by atoms with E-state index in [0.717, 1.165) is 55.1 Å². The molecule has 5 heteroatoms. The van der Waals surface area contributed by atoms with Crippen molar-refractivity contribution >= 4 is 5.69 Å². The van der Waals surface area contributed by atoms with E-state index in [0.29, 0.717) is 18.4 Å². The first kappa shape index (κ1) is 19.5. The van der Waals surface area contributed by atoms with Crippen molar-refractivity contribution < 1.29 is 19.3 Å². The second kappa shape index (κ2) is 6.78. The molecule has 2 bridgehead atoms. The van der Waals surface area contributed by atoms with Crippen molar-refractivity contribution in [3.8, 4) is 11.5 Å². The summed E-state index contributed by atoms with van der Waals surface area (Å²) in [4.78, 5) is 2.39. The van der Waals surface area contributed by atoms with E-state index in [1.807, 2.05) is 0 Å². The van der Waals surface area contributed by atoms with Crippen LogP contribution >= 0.6 is 0 Å². The summed E-state index contributed by atoms with van der Waals surface area (Å²) in [6.07, 6.45) is 5.33. The Labute approximate surface area is 174 Å². The van der Waals surface area contributed by atoms with Gasteiger partial charge in [-0.2, -0.15) is 0 Å². The lowest BCUT2D eigenvalue weighted by atomic mass is 9.60. The number of benzene rings is 1. The molecule has 1 N–H and O–H groups in total. The lowest BCUT2D eigenvalue weighted by molar-refractivity contribution is -0.164. The molecule has 5 atom stereocenters. The van der Waals surface area contributed by atoms with E-state index in [9.17, 15) is 5.11 Å². The Morgan fingerprint density at radius 2 is 1.83 bits per heavy atom. The van der Waals surface area contributed by atoms with E-state index >= 15 is 0 Å². The Bertz CT molecular complexity index is 787. The smallest absolute Gasteiger partial charge is 0.142 e. The predicted octanol–water partition coefficient (Wildman–Crippen LogP) is 4.18. The predicted molar refractivity (Wildman–Crippen MR) is 113 cm³/mol. The highest BCUT2D eigenvalue weighted by molar-refractivity contribution is 5.65. The van der Waals surface area contributed by atoms with Gasteiger partial charge in [0.25, 0.3) is 0 Å². The van der Waals surface area contributed by atoms with Gasteiger partial charge in [0.2, 0.25) is 0 Å². The maximum Gasteiger partial charge on any atom is 0.142 e. The van der Waals surface area contributed by atoms with Gasteiger partial charge in [-0.25, -0.2) is 0 Å². The molecule has 1 aromatic rings. The van der Waals surface area contributed by atoms with Gasteiger partial charge in [0.1, 0.15) is 11.5 Å². The van der Waals surface area contributed by atoms with Crippen molar-refractivity contribution in [3.05, 3.63) is 17.7 Å². The first-order valence-corrected chi connectivity index (χ1v) is 11.2. The maximum absolute atomic E-state index is 11.3. The Hall–Kier alpha value is -1.46. The van der Waals surface area contributed by atoms with Crippen LogP contribution in [-0.4, -0.2) is 45.1 Å². The molecule has 0 aromatic heterocycles. The molecular weight excluding hydrogens is 366 g/mol. The molecule has 2 aliphatic carbocycles. The lowest BCUT2D eigenvalue weighted by Gasteiger charge is -2.51. The van der Waals surface area contributed by atoms with Crippen LogP contribution in [0, 0.1) is 22.7 Å². The Kier molecular flexibility index (Phi) is 4.56. The van der Waals surface area contributed by atoms with E-state index in [1.54, 1.807) is 14.2 Å². The largest absolute Gasteiger partial charge is 0.496 e. The second-order valence-corrected chi connectivity index (χ2v) is 10.2. The third-order valence-electron chi connectivity index (χ3n) is 8.72. The molecule has 5 nitrogen and oxygen atoms in total. The number of fused-ring (bicyclic) bond motifs is 1. The topological polar surface area (TPSA) is 51.2 Å². The molecule has 5 rings (SSSR count). The number of hydrogen-bond donors (Lipinski definition) is 1. The van der Waals surface area contributed by atoms with Crippen LogP contribution in [0.1, 0.15) is 57.6 Å². The summed E-state index contributed by atoms with van der Waals surface area (Å²) in [6, 6.07) is 4.28. The normalized spacial score (nSPS) is 37.6. The molecule has 2 saturated heterocycles. The number of hydrogen-bond acceptors (Lipinski definition) is 5. The van der Waals surface area contributed by atoms with E-state index in [-0.39, 0.29) is 23.0 Å². The summed E-state index contributed by atoms with van der Waals surface area (Å²) in [6.45, 7) is 7.31. The quantitative estimate of drug-likeness (QED) is 0.820. The summed E-state index contributed by atoms with van der Waals surface area (Å²) >= 11 is 0. The Balaban J connectivity index is 1.54. The number of methoxy groups -OCH3 is 2. The van der Waals surface area contributed by atoms with Crippen molar-refractivity contribution in [2.24, 2.45) is 22.7 Å². The van der Waals surface area contributed by atoms with Gasteiger partial charge in [0, 0.05) is 36.7 Å². The van der Waals surface area contributed by atoms with Gasteiger partial charge < -0.3 is 24.2 Å². The van der Waals surface area contributed by atoms with E-state index in [2.05, 4.69) is 30.9 Å². The highest BCUT2D eigenvalue weighted by atomic mass is 16.5. The summed E-state index contributed by atoms with van der Waals surface area (Å²) in [5, 5.41) is 11.3. The van der Waals surface area contributed by atoms with Gasteiger partial charge in [-0.1, -0.05) is 13.8 Å². The van der Waals surface area contributed by atoms with Crippen molar-refractivity contribution in [1.82, 2.24) is 0 Å². The minimum atomic E-state index is -0.262. The van der Waals surface area contributed by atoms with Gasteiger partial charge in [-0.15, -0.1) is 0 Å². The van der Waals surface area contributed by atoms with Gasteiger partial charge in [0.15, 0.2) is 0 Å². The van der Waals surface area contributed by atoms with E-state index < -0.39 is 0 Å². The standard InChI is InChI=1S/C24H35NO4/c1-23(2)15-11-17-21(29-10-7-24(17,14-15)22(23)26)16-12-20(28-4)18(13-19(16)27-3)25-8-5-6-9-25/h12-13,15,17,21-22,26H,5-11,14H2,1-4H3/t15-,17-,21-,22-,24?/m1/s1. The number of ether oxygens (including phenoxy) is 3. The molecule has 2 saturated carbocycles. The van der Waals surface area contributed by atoms with E-state index in [4.69, 9.17) is 14.2 Å². The number of anilines is 1. The maximum atomic E-state index is 11.3. The van der Waals surface area contributed by atoms with Crippen molar-refractivity contribution in [2.45, 2.75) is 58.2 Å². The highest BCUT2D eigenvalue weighted by Crippen LogP contribution is 2.71. The molecule has 0 amide bonds. The van der Waals surface area contributed by atoms with Gasteiger partial charge in [-0.3, -0.25) is 0 Å². The fraction of sp³-hybridized carbons (Fsp3) is 0.750. The monoisotopic (exact) mass is 401 g/mol. The molecule has 1 unspecified atom stereocenters. The van der Waals surface area contributed by atoms with Crippen molar-refractivity contribution in [2.75, 3.05) is 38.8 Å². The number of nitrogens with zero attached hydrogens (tertiary/aromatic N) is 1. The van der Waals surface area contributed by atoms with Crippen LogP contribution < -0.4 is 14.4 Å². The molecule has 4 aliphatic rings. The number of aliphatic hydroxyl groups is 1. The first-order valence-electron chi connectivity index (χ1n) is 11.2. The first-order chi connectivity index (χ1) is 13.9. The number of aliphatic hydroxyl groups excluding tert-OH is 1. The van der Waals surface area contributed by atoms with Gasteiger partial charge in [0.05, 0.1) is 32.1 Å². The van der Waals surface area contributed by atoms with E-state index in [1.165, 1.54) is 12.8 Å². The van der Waals surface area contributed by atoms with Crippen molar-refractivity contribution in [3.63, 3.8) is 0 Å². The zero-order valence-electron chi connectivity index (χ0n) is 18.2. The average Bonchev–Trinajstić information content (AvgIpc) is 3.43. The summed E-state index contributed by atoms with van der Waals surface area (Å²) in [5.41, 5.74) is 2.17. The lowest BCUT2D eigenvalue weighted by Crippen LogP contribution is -2.51. The van der Waals surface area contributed by atoms with Gasteiger partial charge in [-0.05, 0) is 55.4 Å². The van der Waals surface area contributed by atoms with Crippen LogP contribution in [-0.2, 0) is 4.74 Å². The molecular formula is C24H35NO4. The minimum Gasteiger partial charge on any atom is -0.496 e. The Morgan fingerprint density at radius 1 is 1.10 bits per heavy atom. The Morgan fingerprint density at radius 3 is 2.48 bits per heavy atom. The molecule has 2 aliphatic heterocycles. The van der Waals surface area contributed by atoms with Crippen LogP contribution in [0.5, 0.6) is 11.5 Å². The molecule has 1 spiro atoms. The molecule has 29 heavy (non-hydrogen) atoms. The zero-order chi connectivity index (χ0) is 20.4. The van der Waals surface area contributed by atoms with Crippen LogP contribution in [0.4, 0.5) is 5.69 Å². The summed E-state index contributed by atoms with van der Waals surface area (Å²) in [7, 11) is 3.49. The van der Waals surface area contributed by atoms with Crippen LogP contribution in [0.3, 0.4) is 0 Å². The molecule has 0 radical (unpaired) electrons. The highest BCUT2D eigenvalue weighted by Gasteiger charge is 2.68. The molecule has 1 aromatic carbocycles. The van der Waals surface area contributed by atoms with Gasteiger partial charge >= 0.3 is 0 Å². The van der Waals surface area contributed by atoms with Crippen LogP contribution in [0.25, 0.3) is 0 Å². The second-order valence-electron chi connectivity index (χ2n) is 10.2. The molecule has 4 fully saturated rings. The van der Waals surface area contributed by atoms with Crippen LogP contribution in [0.15, 0.2) is 12.1 Å². The minimum absolute atomic E-state index is 0.000221. The summed E-state index contributed by atoms with van der Waals surface area (Å²) in [5.74, 6) is 2.67. The third-order valence-corrected chi connectivity index (χ3v) is 8.72. The fourth-order valence-corrected chi connectivity index (χ4v) is 7.06. The summed E-state index contributed by atoms with van der Waals surface area (Å²) < 4.78 is 18.1. The SMILES string of the molecule is COc1cc(N2CCCC2)c(OC)cc1[C@H]1OCCC23C[C@@H](C[C@H]12)C(C)(C)[C@H]3O. The van der Waals surface area contributed by atoms with Crippen LogP contribution in [0.2, 0.25) is 0 Å². The van der Waals surface area contributed by atoms with Crippen molar-refractivity contribution in [1.29, 1.82) is 0 Å². The zero-order valence-corrected chi connectivity index (χ0v) is 18.2. The third kappa shape index (κ3) is 2.66.